The second-order valence-electron chi connectivity index (χ2n) is 1.41. The average Bonchev–Trinajstić information content (AvgIpc) is 1.88. The van der Waals surface area contributed by atoms with Gasteiger partial charge in [-0.2, -0.15) is 0 Å². The molecule has 0 spiro atoms. The van der Waals surface area contributed by atoms with Gasteiger partial charge in [-0.15, -0.1) is 0 Å². The van der Waals surface area contributed by atoms with Crippen LogP contribution in [0.2, 0.25) is 0 Å². The zero-order valence-corrected chi connectivity index (χ0v) is 5.43. The predicted molar refractivity (Wildman–Crippen MR) is 28.9 cm³/mol. The highest BCUT2D eigenvalue weighted by Gasteiger charge is 2.07. The van der Waals surface area contributed by atoms with E-state index in [4.69, 9.17) is 0 Å². The molecule has 0 rings (SSSR count). The van der Waals surface area contributed by atoms with Crippen LogP contribution >= 0.6 is 0 Å². The summed E-state index contributed by atoms with van der Waals surface area (Å²) in [6.07, 6.45) is 0. The van der Waals surface area contributed by atoms with Gasteiger partial charge in [-0.1, -0.05) is 0 Å². The van der Waals surface area contributed by atoms with Gasteiger partial charge in [-0.25, -0.2) is 14.0 Å². The maximum absolute atomic E-state index is 11.3. The van der Waals surface area contributed by atoms with Crippen molar-refractivity contribution >= 4 is 11.9 Å². The van der Waals surface area contributed by atoms with Crippen molar-refractivity contribution in [2.24, 2.45) is 0 Å². The summed E-state index contributed by atoms with van der Waals surface area (Å²) in [4.78, 5) is 20.3. The second kappa shape index (κ2) is 4.87. The van der Waals surface area contributed by atoms with Crippen LogP contribution in [0.25, 0.3) is 0 Å². The van der Waals surface area contributed by atoms with Gasteiger partial charge in [0.25, 0.3) is 0 Å². The standard InChI is InChI=1S/C5H7FO4/c1-9-3-5(8)10-4(7)2-6/h2-3H2,1H3. The molecule has 0 aromatic carbocycles. The van der Waals surface area contributed by atoms with Gasteiger partial charge in [-0.05, 0) is 0 Å². The van der Waals surface area contributed by atoms with E-state index >= 15 is 0 Å². The molecule has 0 radical (unpaired) electrons. The quantitative estimate of drug-likeness (QED) is 0.408. The van der Waals surface area contributed by atoms with Crippen LogP contribution in [-0.2, 0) is 19.1 Å². The molecule has 0 aliphatic rings. The molecule has 0 atom stereocenters. The molecule has 0 aromatic rings. The molecule has 0 aliphatic heterocycles. The van der Waals surface area contributed by atoms with Crippen LogP contribution in [0.4, 0.5) is 4.39 Å². The number of methoxy groups -OCH3 is 1. The molecule has 4 nitrogen and oxygen atoms in total. The van der Waals surface area contributed by atoms with E-state index in [9.17, 15) is 14.0 Å². The normalized spacial score (nSPS) is 9.00. The van der Waals surface area contributed by atoms with Gasteiger partial charge in [0.1, 0.15) is 6.61 Å². The highest BCUT2D eigenvalue weighted by Crippen LogP contribution is 1.82. The first-order chi connectivity index (χ1) is 4.70. The molecule has 0 fully saturated rings. The number of carbonyl (C=O) groups is 2. The molecule has 5 heteroatoms. The summed E-state index contributed by atoms with van der Waals surface area (Å²) in [5.41, 5.74) is 0. The Kier molecular flexibility index (Phi) is 4.39. The molecule has 0 N–H and O–H groups in total. The summed E-state index contributed by atoms with van der Waals surface area (Å²) in [6, 6.07) is 0. The molecule has 0 aromatic heterocycles. The van der Waals surface area contributed by atoms with Gasteiger partial charge in [0.05, 0.1) is 0 Å². The Labute approximate surface area is 56.9 Å². The number of hydrogen-bond donors (Lipinski definition) is 0. The molecule has 0 amide bonds. The van der Waals surface area contributed by atoms with Gasteiger partial charge in [0.2, 0.25) is 0 Å². The summed E-state index contributed by atoms with van der Waals surface area (Å²) in [7, 11) is 1.27. The lowest BCUT2D eigenvalue weighted by Crippen LogP contribution is -2.17. The number of alkyl halides is 1. The highest BCUT2D eigenvalue weighted by molar-refractivity contribution is 5.86. The van der Waals surface area contributed by atoms with Crippen molar-refractivity contribution in [2.45, 2.75) is 0 Å². The number of rotatable bonds is 3. The Morgan fingerprint density at radius 3 is 2.40 bits per heavy atom. The summed E-state index contributed by atoms with van der Waals surface area (Å²) < 4.78 is 19.5. The van der Waals surface area contributed by atoms with Crippen LogP contribution in [0.3, 0.4) is 0 Å². The van der Waals surface area contributed by atoms with Crippen LogP contribution in [0.5, 0.6) is 0 Å². The van der Waals surface area contributed by atoms with Crippen LogP contribution in [0.1, 0.15) is 0 Å². The van der Waals surface area contributed by atoms with Crippen molar-refractivity contribution < 1.29 is 23.5 Å². The maximum atomic E-state index is 11.3. The summed E-state index contributed by atoms with van der Waals surface area (Å²) in [5.74, 6) is -2.08. The van der Waals surface area contributed by atoms with Crippen molar-refractivity contribution in [3.8, 4) is 0 Å². The topological polar surface area (TPSA) is 52.6 Å². The molecular weight excluding hydrogens is 143 g/mol. The molecule has 0 saturated carbocycles. The SMILES string of the molecule is COCC(=O)OC(=O)CF. The van der Waals surface area contributed by atoms with Gasteiger partial charge in [0.15, 0.2) is 6.67 Å². The lowest BCUT2D eigenvalue weighted by atomic mass is 10.7. The summed E-state index contributed by atoms with van der Waals surface area (Å²) >= 11 is 0. The van der Waals surface area contributed by atoms with E-state index in [1.165, 1.54) is 7.11 Å². The minimum absolute atomic E-state index is 0.342. The summed E-state index contributed by atoms with van der Waals surface area (Å²) in [6.45, 7) is -1.64. The molecule has 0 unspecified atom stereocenters. The molecular formula is C5H7FO4. The zero-order valence-electron chi connectivity index (χ0n) is 5.43. The Hall–Kier alpha value is -0.970. The van der Waals surface area contributed by atoms with Crippen molar-refractivity contribution in [3.63, 3.8) is 0 Å². The van der Waals surface area contributed by atoms with Crippen LogP contribution in [0, 0.1) is 0 Å². The third-order valence-corrected chi connectivity index (χ3v) is 0.599. The van der Waals surface area contributed by atoms with E-state index in [1.807, 2.05) is 0 Å². The Balaban J connectivity index is 3.47. The van der Waals surface area contributed by atoms with E-state index in [0.717, 1.165) is 0 Å². The van der Waals surface area contributed by atoms with Gasteiger partial charge < -0.3 is 9.47 Å². The zero-order chi connectivity index (χ0) is 7.98. The van der Waals surface area contributed by atoms with Crippen LogP contribution in [-0.4, -0.2) is 32.3 Å². The van der Waals surface area contributed by atoms with E-state index < -0.39 is 18.6 Å². The molecule has 0 aliphatic carbocycles. The van der Waals surface area contributed by atoms with Crippen LogP contribution in [0.15, 0.2) is 0 Å². The fourth-order valence-corrected chi connectivity index (χ4v) is 0.302. The number of esters is 2. The van der Waals surface area contributed by atoms with Gasteiger partial charge in [-0.3, -0.25) is 0 Å². The van der Waals surface area contributed by atoms with E-state index in [1.54, 1.807) is 0 Å². The third kappa shape index (κ3) is 3.96. The van der Waals surface area contributed by atoms with Crippen molar-refractivity contribution in [3.05, 3.63) is 0 Å². The lowest BCUT2D eigenvalue weighted by molar-refractivity contribution is -0.162. The number of carbonyl (C=O) groups excluding carboxylic acids is 2. The average molecular weight is 150 g/mol. The molecule has 58 valence electrons. The van der Waals surface area contributed by atoms with E-state index in [0.29, 0.717) is 0 Å². The van der Waals surface area contributed by atoms with E-state index in [2.05, 4.69) is 9.47 Å². The fraction of sp³-hybridized carbons (Fsp3) is 0.600. The van der Waals surface area contributed by atoms with Crippen molar-refractivity contribution in [1.29, 1.82) is 0 Å². The molecule has 0 bridgehead atoms. The first kappa shape index (κ1) is 9.03. The predicted octanol–water partition coefficient (Wildman–Crippen LogP) is -0.328. The van der Waals surface area contributed by atoms with Gasteiger partial charge >= 0.3 is 11.9 Å². The number of halogens is 1. The third-order valence-electron chi connectivity index (χ3n) is 0.599. The van der Waals surface area contributed by atoms with Crippen molar-refractivity contribution in [2.75, 3.05) is 20.4 Å². The Morgan fingerprint density at radius 2 is 2.00 bits per heavy atom. The molecule has 10 heavy (non-hydrogen) atoms. The fourth-order valence-electron chi connectivity index (χ4n) is 0.302. The summed E-state index contributed by atoms with van der Waals surface area (Å²) in [5, 5.41) is 0. The Morgan fingerprint density at radius 1 is 1.40 bits per heavy atom. The number of hydrogen-bond acceptors (Lipinski definition) is 4. The molecule has 0 saturated heterocycles. The lowest BCUT2D eigenvalue weighted by Gasteiger charge is -1.96. The largest absolute Gasteiger partial charge is 0.389 e. The van der Waals surface area contributed by atoms with Gasteiger partial charge in [0, 0.05) is 7.11 Å². The Bertz CT molecular complexity index is 134. The first-order valence-corrected chi connectivity index (χ1v) is 2.49. The van der Waals surface area contributed by atoms with Crippen molar-refractivity contribution in [1.82, 2.24) is 0 Å². The number of ether oxygens (including phenoxy) is 2. The molecule has 0 heterocycles. The monoisotopic (exact) mass is 150 g/mol. The second-order valence-corrected chi connectivity index (χ2v) is 1.41. The minimum Gasteiger partial charge on any atom is -0.389 e. The maximum Gasteiger partial charge on any atom is 0.345 e. The smallest absolute Gasteiger partial charge is 0.345 e. The first-order valence-electron chi connectivity index (χ1n) is 2.49. The van der Waals surface area contributed by atoms with E-state index in [-0.39, 0.29) is 6.61 Å². The minimum atomic E-state index is -1.30. The highest BCUT2D eigenvalue weighted by atomic mass is 19.1. The van der Waals surface area contributed by atoms with Crippen LogP contribution < -0.4 is 0 Å².